The molecule has 0 atom stereocenters. The molecule has 0 aliphatic carbocycles. The van der Waals surface area contributed by atoms with E-state index < -0.39 is 0 Å². The van der Waals surface area contributed by atoms with Crippen LogP contribution >= 0.6 is 11.3 Å². The molecule has 1 aromatic heterocycles. The molecule has 0 amide bonds. The van der Waals surface area contributed by atoms with Gasteiger partial charge < -0.3 is 5.32 Å². The molecule has 3 aromatic rings. The van der Waals surface area contributed by atoms with E-state index in [2.05, 4.69) is 73.6 Å². The van der Waals surface area contributed by atoms with Crippen LogP contribution in [0, 0.1) is 6.92 Å². The van der Waals surface area contributed by atoms with Gasteiger partial charge in [-0.05, 0) is 36.6 Å². The number of hydrogen-bond donors (Lipinski definition) is 1. The Morgan fingerprint density at radius 2 is 1.87 bits per heavy atom. The van der Waals surface area contributed by atoms with Crippen molar-refractivity contribution in [1.29, 1.82) is 0 Å². The molecule has 0 radical (unpaired) electrons. The summed E-state index contributed by atoms with van der Waals surface area (Å²) >= 11 is 1.76. The number of benzene rings is 2. The minimum absolute atomic E-state index is 0.958. The third kappa shape index (κ3) is 3.83. The van der Waals surface area contributed by atoms with Gasteiger partial charge in [0.1, 0.15) is 0 Å². The molecule has 0 spiro atoms. The summed E-state index contributed by atoms with van der Waals surface area (Å²) in [5.41, 5.74) is 5.90. The first-order valence-corrected chi connectivity index (χ1v) is 9.09. The molecule has 1 heterocycles. The third-order valence-corrected chi connectivity index (χ3v) is 4.75. The Morgan fingerprint density at radius 1 is 1.13 bits per heavy atom. The topological polar surface area (TPSA) is 12.0 Å². The maximum atomic E-state index is 4.22. The second-order valence-electron chi connectivity index (χ2n) is 5.25. The maximum absolute atomic E-state index is 4.22. The Labute approximate surface area is 143 Å². The van der Waals surface area contributed by atoms with Crippen LogP contribution in [0.15, 0.2) is 54.4 Å². The van der Waals surface area contributed by atoms with Crippen molar-refractivity contribution in [1.82, 2.24) is 0 Å². The Hall–Kier alpha value is -2.06. The highest BCUT2D eigenvalue weighted by Crippen LogP contribution is 2.31. The number of nitrogens with one attached hydrogen (secondary N) is 1. The van der Waals surface area contributed by atoms with Crippen LogP contribution in [0.3, 0.4) is 0 Å². The molecule has 0 unspecified atom stereocenters. The van der Waals surface area contributed by atoms with Crippen LogP contribution in [0.5, 0.6) is 0 Å². The van der Waals surface area contributed by atoms with Gasteiger partial charge in [0.2, 0.25) is 0 Å². The van der Waals surface area contributed by atoms with Crippen molar-refractivity contribution in [2.24, 2.45) is 0 Å². The zero-order valence-corrected chi connectivity index (χ0v) is 15.3. The number of aryl methyl sites for hydroxylation is 2. The predicted molar refractivity (Wildman–Crippen MR) is 106 cm³/mol. The average Bonchev–Trinajstić information content (AvgIpc) is 3.02. The molecule has 1 N–H and O–H groups in total. The normalized spacial score (nSPS) is 10.1. The summed E-state index contributed by atoms with van der Waals surface area (Å²) in [6, 6.07) is 15.0. The highest BCUT2D eigenvalue weighted by atomic mass is 32.1. The minimum atomic E-state index is 0.958. The third-order valence-electron chi connectivity index (χ3n) is 3.79. The van der Waals surface area contributed by atoms with Gasteiger partial charge in [0.15, 0.2) is 0 Å². The molecule has 2 aromatic carbocycles. The first-order chi connectivity index (χ1) is 11.2. The summed E-state index contributed by atoms with van der Waals surface area (Å²) in [6.45, 7) is 12.5. The highest BCUT2D eigenvalue weighted by Gasteiger charge is 2.08. The molecule has 0 aliphatic rings. The predicted octanol–water partition coefficient (Wildman–Crippen LogP) is 6.88. The lowest BCUT2D eigenvalue weighted by Gasteiger charge is -2.13. The van der Waals surface area contributed by atoms with Gasteiger partial charge in [0, 0.05) is 32.4 Å². The molecule has 23 heavy (non-hydrogen) atoms. The second-order valence-corrected chi connectivity index (χ2v) is 6.16. The summed E-state index contributed by atoms with van der Waals surface area (Å²) in [7, 11) is 0. The largest absolute Gasteiger partial charge is 0.355 e. The average molecular weight is 324 g/mol. The van der Waals surface area contributed by atoms with Gasteiger partial charge in [0.05, 0.1) is 0 Å². The number of anilines is 1. The van der Waals surface area contributed by atoms with E-state index in [1.54, 1.807) is 11.3 Å². The fourth-order valence-corrected chi connectivity index (χ4v) is 3.50. The summed E-state index contributed by atoms with van der Waals surface area (Å²) in [4.78, 5) is 0. The van der Waals surface area contributed by atoms with Gasteiger partial charge in [0.25, 0.3) is 0 Å². The van der Waals surface area contributed by atoms with Crippen molar-refractivity contribution >= 4 is 32.8 Å². The summed E-state index contributed by atoms with van der Waals surface area (Å²) in [5.74, 6) is 0. The number of hydrogen-bond acceptors (Lipinski definition) is 2. The number of rotatable bonds is 4. The molecule has 0 aliphatic heterocycles. The maximum Gasteiger partial charge on any atom is 0.0414 e. The van der Waals surface area contributed by atoms with Crippen molar-refractivity contribution in [2.75, 3.05) is 5.32 Å². The zero-order valence-electron chi connectivity index (χ0n) is 14.4. The molecule has 1 nitrogen and oxygen atoms in total. The molecule has 0 saturated carbocycles. The Morgan fingerprint density at radius 3 is 2.57 bits per heavy atom. The quantitative estimate of drug-likeness (QED) is 0.551. The van der Waals surface area contributed by atoms with Crippen LogP contribution in [0.2, 0.25) is 0 Å². The van der Waals surface area contributed by atoms with Crippen molar-refractivity contribution in [3.05, 3.63) is 71.1 Å². The van der Waals surface area contributed by atoms with Crippen LogP contribution in [0.1, 0.15) is 37.5 Å². The van der Waals surface area contributed by atoms with E-state index in [1.807, 2.05) is 13.8 Å². The Kier molecular flexibility index (Phi) is 6.00. The highest BCUT2D eigenvalue weighted by molar-refractivity contribution is 7.17. The van der Waals surface area contributed by atoms with Gasteiger partial charge in [-0.3, -0.25) is 0 Å². The summed E-state index contributed by atoms with van der Waals surface area (Å²) in [5, 5.41) is 6.91. The number of thiophene rings is 1. The van der Waals surface area contributed by atoms with Crippen molar-refractivity contribution < 1.29 is 0 Å². The lowest BCUT2D eigenvalue weighted by atomic mass is 10.1. The molecule has 120 valence electrons. The van der Waals surface area contributed by atoms with E-state index in [9.17, 15) is 0 Å². The van der Waals surface area contributed by atoms with E-state index in [0.717, 1.165) is 17.8 Å². The van der Waals surface area contributed by atoms with Crippen LogP contribution < -0.4 is 5.32 Å². The van der Waals surface area contributed by atoms with Crippen molar-refractivity contribution in [2.45, 2.75) is 34.1 Å². The van der Waals surface area contributed by atoms with Gasteiger partial charge >= 0.3 is 0 Å². The van der Waals surface area contributed by atoms with Gasteiger partial charge in [-0.15, -0.1) is 11.3 Å². The lowest BCUT2D eigenvalue weighted by molar-refractivity contribution is 1.13. The van der Waals surface area contributed by atoms with Crippen molar-refractivity contribution in [3.8, 4) is 0 Å². The van der Waals surface area contributed by atoms with Crippen LogP contribution in [0.4, 0.5) is 5.69 Å². The molecule has 0 bridgehead atoms. The van der Waals surface area contributed by atoms with Crippen LogP contribution in [0.25, 0.3) is 15.8 Å². The Balaban J connectivity index is 0.000000924. The van der Waals surface area contributed by atoms with E-state index in [0.29, 0.717) is 0 Å². The summed E-state index contributed by atoms with van der Waals surface area (Å²) < 4.78 is 1.30. The molecule has 3 rings (SSSR count). The first-order valence-electron chi connectivity index (χ1n) is 8.21. The molecule has 2 heteroatoms. The summed E-state index contributed by atoms with van der Waals surface area (Å²) in [6.07, 6.45) is 1.07. The molecule has 0 fully saturated rings. The van der Waals surface area contributed by atoms with E-state index in [4.69, 9.17) is 0 Å². The SMILES string of the molecule is C=C(Nc1ccc(CC)cc1C)c1csc2ccccc12.CC. The standard InChI is InChI=1S/C19H19NS.C2H6/c1-4-15-9-10-18(13(2)11-15)20-14(3)17-12-21-19-8-6-5-7-16(17)19;1-2/h5-12,20H,3-4H2,1-2H3;1-2H3. The molecular formula is C21H25NS. The lowest BCUT2D eigenvalue weighted by Crippen LogP contribution is -1.99. The van der Waals surface area contributed by atoms with E-state index in [1.165, 1.54) is 26.8 Å². The minimum Gasteiger partial charge on any atom is -0.355 e. The van der Waals surface area contributed by atoms with E-state index in [-0.39, 0.29) is 0 Å². The van der Waals surface area contributed by atoms with Crippen LogP contribution in [-0.4, -0.2) is 0 Å². The van der Waals surface area contributed by atoms with Crippen molar-refractivity contribution in [3.63, 3.8) is 0 Å². The fourth-order valence-electron chi connectivity index (χ4n) is 2.53. The fraction of sp³-hybridized carbons (Fsp3) is 0.238. The zero-order chi connectivity index (χ0) is 16.8. The van der Waals surface area contributed by atoms with Crippen LogP contribution in [-0.2, 0) is 6.42 Å². The number of fused-ring (bicyclic) bond motifs is 1. The Bertz CT molecular complexity index is 798. The van der Waals surface area contributed by atoms with E-state index >= 15 is 0 Å². The smallest absolute Gasteiger partial charge is 0.0414 e. The van der Waals surface area contributed by atoms with Gasteiger partial charge in [-0.2, -0.15) is 0 Å². The molecule has 0 saturated heterocycles. The molecular weight excluding hydrogens is 298 g/mol. The van der Waals surface area contributed by atoms with Gasteiger partial charge in [-0.25, -0.2) is 0 Å². The second kappa shape index (κ2) is 7.98. The first kappa shape index (κ1) is 17.3. The van der Waals surface area contributed by atoms with Gasteiger partial charge in [-0.1, -0.05) is 57.7 Å². The monoisotopic (exact) mass is 323 g/mol.